The van der Waals surface area contributed by atoms with Gasteiger partial charge in [-0.25, -0.2) is 9.97 Å². The van der Waals surface area contributed by atoms with E-state index in [4.69, 9.17) is 33.3 Å². The van der Waals surface area contributed by atoms with Crippen LogP contribution in [0.1, 0.15) is 16.4 Å². The number of nitrogens with one attached hydrogen (secondary N) is 2. The highest BCUT2D eigenvalue weighted by Crippen LogP contribution is 2.40. The van der Waals surface area contributed by atoms with Crippen molar-refractivity contribution in [3.8, 4) is 0 Å². The first-order valence-electron chi connectivity index (χ1n) is 12.6. The number of aromatic nitrogens is 5. The third-order valence-electron chi connectivity index (χ3n) is 6.83. The fourth-order valence-corrected chi connectivity index (χ4v) is 7.96. The van der Waals surface area contributed by atoms with Crippen LogP contribution in [-0.4, -0.2) is 77.6 Å². The maximum absolute atomic E-state index is 13.2. The first-order valence-corrected chi connectivity index (χ1v) is 15.8. The van der Waals surface area contributed by atoms with E-state index in [1.165, 1.54) is 30.2 Å². The second kappa shape index (κ2) is 11.6. The molecule has 228 valence electrons. The van der Waals surface area contributed by atoms with Gasteiger partial charge in [-0.1, -0.05) is 28.1 Å². The molecule has 0 aliphatic carbocycles. The van der Waals surface area contributed by atoms with Crippen LogP contribution in [0.2, 0.25) is 4.34 Å². The van der Waals surface area contributed by atoms with Crippen LogP contribution in [0.3, 0.4) is 0 Å². The lowest BCUT2D eigenvalue weighted by atomic mass is 10.0. The number of anilines is 1. The molecule has 0 spiro atoms. The number of β-lactam (4-membered cyclic amide) rings is 1. The minimum atomic E-state index is -1.49. The van der Waals surface area contributed by atoms with E-state index in [0.29, 0.717) is 17.8 Å². The zero-order chi connectivity index (χ0) is 31.3. The maximum Gasteiger partial charge on any atom is 0.276 e. The molecule has 44 heavy (non-hydrogen) atoms. The lowest BCUT2D eigenvalue weighted by Gasteiger charge is -2.50. The van der Waals surface area contributed by atoms with Crippen LogP contribution >= 0.6 is 46.0 Å². The fourth-order valence-electron chi connectivity index (χ4n) is 4.90. The summed E-state index contributed by atoms with van der Waals surface area (Å²) in [5.41, 5.74) is 12.4. The molecule has 4 aromatic rings. The molecule has 0 bridgehead atoms. The van der Waals surface area contributed by atoms with E-state index in [-0.39, 0.29) is 44.7 Å². The molecular weight excluding hydrogens is 654 g/mol. The highest BCUT2D eigenvalue weighted by Gasteiger charge is 2.53. The van der Waals surface area contributed by atoms with Crippen molar-refractivity contribution in [2.75, 3.05) is 18.6 Å². The summed E-state index contributed by atoms with van der Waals surface area (Å²) >= 11 is 9.80. The number of carboxylic acids is 1. The van der Waals surface area contributed by atoms with Gasteiger partial charge >= 0.3 is 0 Å². The van der Waals surface area contributed by atoms with E-state index in [0.717, 1.165) is 26.9 Å². The molecule has 4 aromatic heterocycles. The number of nitrogens with two attached hydrogens (primary N) is 2. The standard InChI is InChI=1S/C24H22ClN11O5S3/c1-41-32-15(14-18(25)44-24(28)31-14)20(37)30-16-21(38)36-17(23(39)40)10(8-43-22(16)36)6-34-3-2-13-33(4-5-35(13)34)7-12-29-11(9-42-12)19(26)27/h2-5,9,16,22H,6-8H2,1H3,(H6-,26,27,28,30,31,37,39,40)/b32-15-/t16-,22-/m1/s1. The van der Waals surface area contributed by atoms with Crippen molar-refractivity contribution in [1.29, 1.82) is 5.41 Å². The average molecular weight is 676 g/mol. The Morgan fingerprint density at radius 2 is 2.16 bits per heavy atom. The monoisotopic (exact) mass is 675 g/mol. The Bertz CT molecular complexity index is 1910. The van der Waals surface area contributed by atoms with Crippen molar-refractivity contribution in [3.63, 3.8) is 0 Å². The van der Waals surface area contributed by atoms with Crippen molar-refractivity contribution in [1.82, 2.24) is 29.3 Å². The number of hydrogen-bond acceptors (Lipinski definition) is 13. The van der Waals surface area contributed by atoms with E-state index in [2.05, 4.69) is 20.4 Å². The number of nitrogens with zero attached hydrogens (tertiary/aromatic N) is 7. The van der Waals surface area contributed by atoms with Crippen LogP contribution in [-0.2, 0) is 32.3 Å². The van der Waals surface area contributed by atoms with Gasteiger partial charge in [0.25, 0.3) is 11.8 Å². The second-order valence-corrected chi connectivity index (χ2v) is 13.2. The summed E-state index contributed by atoms with van der Waals surface area (Å²) in [4.78, 5) is 52.9. The number of hydrogen-bond donors (Lipinski definition) is 4. The first kappa shape index (κ1) is 29.6. The van der Waals surface area contributed by atoms with Gasteiger partial charge in [0.1, 0.15) is 45.1 Å². The van der Waals surface area contributed by atoms with Gasteiger partial charge in [-0.3, -0.25) is 19.9 Å². The number of amides is 2. The largest absolute Gasteiger partial charge is 0.543 e. The Morgan fingerprint density at radius 3 is 2.82 bits per heavy atom. The van der Waals surface area contributed by atoms with Crippen molar-refractivity contribution >= 4 is 86.1 Å². The van der Waals surface area contributed by atoms with Crippen LogP contribution in [0.25, 0.3) is 5.65 Å². The molecule has 0 aromatic carbocycles. The van der Waals surface area contributed by atoms with E-state index < -0.39 is 29.2 Å². The van der Waals surface area contributed by atoms with Gasteiger partial charge in [0.2, 0.25) is 0 Å². The highest BCUT2D eigenvalue weighted by molar-refractivity contribution is 8.00. The van der Waals surface area contributed by atoms with Gasteiger partial charge in [0, 0.05) is 22.9 Å². The normalized spacial score (nSPS) is 18.4. The maximum atomic E-state index is 13.2. The Hall–Kier alpha value is -4.46. The molecule has 20 heteroatoms. The molecule has 16 nitrogen and oxygen atoms in total. The Morgan fingerprint density at radius 1 is 1.36 bits per heavy atom. The number of carbonyl (C=O) groups excluding carboxylic acids is 3. The minimum absolute atomic E-state index is 0.00267. The summed E-state index contributed by atoms with van der Waals surface area (Å²) in [5.74, 6) is -2.72. The van der Waals surface area contributed by atoms with Crippen LogP contribution in [0.15, 0.2) is 46.5 Å². The topological polar surface area (TPSA) is 226 Å². The smallest absolute Gasteiger partial charge is 0.276 e. The van der Waals surface area contributed by atoms with Gasteiger partial charge < -0.3 is 36.1 Å². The molecule has 0 saturated carbocycles. The zero-order valence-electron chi connectivity index (χ0n) is 22.6. The predicted octanol–water partition coefficient (Wildman–Crippen LogP) is -1.04. The minimum Gasteiger partial charge on any atom is -0.543 e. The number of carboxylic acid groups (broad SMARTS) is 1. The lowest BCUT2D eigenvalue weighted by Crippen LogP contribution is -2.71. The quantitative estimate of drug-likeness (QED) is 0.0525. The molecule has 2 atom stereocenters. The molecule has 1 saturated heterocycles. The summed E-state index contributed by atoms with van der Waals surface area (Å²) in [5, 5.41) is 28.1. The van der Waals surface area contributed by atoms with Gasteiger partial charge in [-0.2, -0.15) is 0 Å². The lowest BCUT2D eigenvalue weighted by molar-refractivity contribution is -0.753. The number of thiazole rings is 2. The molecule has 1 fully saturated rings. The number of halogens is 1. The molecular formula is C24H22ClN11O5S3. The number of aliphatic carboxylic acids is 1. The molecule has 2 aliphatic heterocycles. The third-order valence-corrected chi connectivity index (χ3v) is 10.1. The number of rotatable bonds is 10. The van der Waals surface area contributed by atoms with Crippen molar-refractivity contribution in [2.45, 2.75) is 24.5 Å². The Labute approximate surface area is 265 Å². The third kappa shape index (κ3) is 5.16. The number of thioether (sulfide) groups is 1. The summed E-state index contributed by atoms with van der Waals surface area (Å²) in [7, 11) is 1.24. The highest BCUT2D eigenvalue weighted by atomic mass is 35.5. The fraction of sp³-hybridized carbons (Fsp3) is 0.250. The van der Waals surface area contributed by atoms with Gasteiger partial charge in [0.15, 0.2) is 29.2 Å². The van der Waals surface area contributed by atoms with Gasteiger partial charge in [0.05, 0.1) is 30.5 Å². The van der Waals surface area contributed by atoms with Crippen LogP contribution in [0, 0.1) is 5.41 Å². The predicted molar refractivity (Wildman–Crippen MR) is 160 cm³/mol. The number of oxime groups is 1. The summed E-state index contributed by atoms with van der Waals surface area (Å²) in [6, 6.07) is 0.843. The zero-order valence-corrected chi connectivity index (χ0v) is 25.8. The van der Waals surface area contributed by atoms with Gasteiger partial charge in [-0.05, 0) is 0 Å². The number of carbonyl (C=O) groups is 3. The van der Waals surface area contributed by atoms with Gasteiger partial charge in [-0.15, -0.1) is 32.3 Å². The second-order valence-electron chi connectivity index (χ2n) is 9.48. The number of imidazole rings is 1. The molecule has 6 heterocycles. The van der Waals surface area contributed by atoms with E-state index in [1.54, 1.807) is 11.6 Å². The number of amidine groups is 1. The average Bonchev–Trinajstić information content (AvgIpc) is 3.77. The number of fused-ring (bicyclic) bond motifs is 2. The molecule has 0 radical (unpaired) electrons. The SMILES string of the molecule is CO/N=C(\C(=O)N[C@@H]1C(=O)N2C(C(=O)[O-])=C(C[n+]3ccc4n(Cc5nc(C(=N)N)cs5)ccn43)CS[C@H]12)c1nc(N)sc1Cl. The first-order chi connectivity index (χ1) is 21.1. The van der Waals surface area contributed by atoms with Crippen molar-refractivity contribution < 1.29 is 29.0 Å². The summed E-state index contributed by atoms with van der Waals surface area (Å²) < 4.78 is 5.74. The van der Waals surface area contributed by atoms with E-state index in [1.807, 2.05) is 32.2 Å². The van der Waals surface area contributed by atoms with E-state index >= 15 is 0 Å². The van der Waals surface area contributed by atoms with Crippen molar-refractivity contribution in [2.24, 2.45) is 10.9 Å². The van der Waals surface area contributed by atoms with Crippen molar-refractivity contribution in [3.05, 3.63) is 62.0 Å². The number of nitrogen functional groups attached to an aromatic ring is 2. The Kier molecular flexibility index (Phi) is 7.78. The molecule has 2 aliphatic rings. The van der Waals surface area contributed by atoms with Crippen LogP contribution < -0.4 is 26.6 Å². The van der Waals surface area contributed by atoms with Crippen LogP contribution in [0.4, 0.5) is 5.13 Å². The molecule has 6 rings (SSSR count). The summed E-state index contributed by atoms with van der Waals surface area (Å²) in [6.07, 6.45) is 5.49. The van der Waals surface area contributed by atoms with E-state index in [9.17, 15) is 19.5 Å². The van der Waals surface area contributed by atoms with Crippen LogP contribution in [0.5, 0.6) is 0 Å². The Balaban J connectivity index is 1.20. The molecule has 0 unspecified atom stereocenters. The summed E-state index contributed by atoms with van der Waals surface area (Å²) in [6.45, 7) is 0.624. The molecule has 2 amide bonds. The molecule has 6 N–H and O–H groups in total.